The van der Waals surface area contributed by atoms with Gasteiger partial charge in [-0.3, -0.25) is 0 Å². The summed E-state index contributed by atoms with van der Waals surface area (Å²) < 4.78 is 32.2. The summed E-state index contributed by atoms with van der Waals surface area (Å²) in [6, 6.07) is 13.6. The Bertz CT molecular complexity index is 952. The average Bonchev–Trinajstić information content (AvgIpc) is 3.10. The molecule has 0 aliphatic rings. The molecule has 2 aromatic carbocycles. The molecule has 8 heteroatoms. The molecule has 1 N–H and O–H groups in total. The van der Waals surface area contributed by atoms with E-state index in [-0.39, 0.29) is 11.4 Å². The van der Waals surface area contributed by atoms with Crippen molar-refractivity contribution < 1.29 is 13.2 Å². The summed E-state index contributed by atoms with van der Waals surface area (Å²) in [6.45, 7) is 0.123. The quantitative estimate of drug-likeness (QED) is 0.687. The fourth-order valence-corrected chi connectivity index (χ4v) is 4.07. The van der Waals surface area contributed by atoms with Crippen molar-refractivity contribution in [3.63, 3.8) is 0 Å². The number of sulfonamides is 1. The Hall–Kier alpha value is -1.93. The molecule has 0 bridgehead atoms. The Kier molecular flexibility index (Phi) is 5.39. The van der Waals surface area contributed by atoms with Crippen molar-refractivity contribution in [2.45, 2.75) is 11.4 Å². The van der Waals surface area contributed by atoms with Crippen LogP contribution in [0.4, 0.5) is 0 Å². The summed E-state index contributed by atoms with van der Waals surface area (Å²) in [6.07, 6.45) is 0. The van der Waals surface area contributed by atoms with Crippen LogP contribution in [0.5, 0.6) is 5.75 Å². The number of ether oxygens (including phenoxy) is 1. The number of rotatable bonds is 6. The zero-order chi connectivity index (χ0) is 17.9. The van der Waals surface area contributed by atoms with E-state index in [9.17, 15) is 8.42 Å². The summed E-state index contributed by atoms with van der Waals surface area (Å²) in [5.41, 5.74) is 1.62. The highest BCUT2D eigenvalue weighted by molar-refractivity contribution is 7.89. The smallest absolute Gasteiger partial charge is 0.240 e. The summed E-state index contributed by atoms with van der Waals surface area (Å²) in [5, 5.41) is 3.15. The zero-order valence-electron chi connectivity index (χ0n) is 13.3. The zero-order valence-corrected chi connectivity index (χ0v) is 15.7. The predicted molar refractivity (Wildman–Crippen MR) is 99.6 cm³/mol. The van der Waals surface area contributed by atoms with E-state index in [4.69, 9.17) is 16.3 Å². The highest BCUT2D eigenvalue weighted by Crippen LogP contribution is 2.25. The van der Waals surface area contributed by atoms with Gasteiger partial charge in [-0.25, -0.2) is 18.1 Å². The van der Waals surface area contributed by atoms with Crippen LogP contribution in [-0.2, 0) is 16.6 Å². The lowest BCUT2D eigenvalue weighted by atomic mass is 10.2. The van der Waals surface area contributed by atoms with Crippen molar-refractivity contribution in [1.82, 2.24) is 9.71 Å². The van der Waals surface area contributed by atoms with E-state index in [0.717, 1.165) is 16.3 Å². The molecule has 3 rings (SSSR count). The van der Waals surface area contributed by atoms with Gasteiger partial charge >= 0.3 is 0 Å². The molecule has 1 aromatic heterocycles. The van der Waals surface area contributed by atoms with Crippen molar-refractivity contribution in [3.05, 3.63) is 64.6 Å². The Morgan fingerprint density at radius 1 is 1.12 bits per heavy atom. The Balaban J connectivity index is 1.69. The fraction of sp³-hybridized carbons (Fsp3) is 0.118. The molecule has 0 unspecified atom stereocenters. The van der Waals surface area contributed by atoms with E-state index in [1.54, 1.807) is 19.2 Å². The lowest BCUT2D eigenvalue weighted by Crippen LogP contribution is -2.23. The van der Waals surface area contributed by atoms with E-state index < -0.39 is 10.0 Å². The van der Waals surface area contributed by atoms with Crippen LogP contribution in [0.15, 0.2) is 58.8 Å². The second-order valence-corrected chi connectivity index (χ2v) is 8.21. The van der Waals surface area contributed by atoms with Crippen LogP contribution in [0.2, 0.25) is 5.02 Å². The molecule has 0 amide bonds. The topological polar surface area (TPSA) is 68.3 Å². The van der Waals surface area contributed by atoms with E-state index >= 15 is 0 Å². The van der Waals surface area contributed by atoms with Crippen molar-refractivity contribution in [1.29, 1.82) is 0 Å². The van der Waals surface area contributed by atoms with Gasteiger partial charge in [0.05, 0.1) is 24.2 Å². The van der Waals surface area contributed by atoms with Crippen LogP contribution in [0, 0.1) is 0 Å². The third-order valence-corrected chi connectivity index (χ3v) is 6.07. The van der Waals surface area contributed by atoms with Gasteiger partial charge in [-0.15, -0.1) is 11.3 Å². The standard InChI is InChI=1S/C17H15ClN2O3S2/c1-23-15-6-2-12(3-7-15)17-20-14(11-24-17)10-19-25(21,22)16-8-4-13(18)5-9-16/h2-9,11,19H,10H2,1H3. The molecule has 25 heavy (non-hydrogen) atoms. The van der Waals surface area contributed by atoms with Gasteiger partial charge in [0.15, 0.2) is 0 Å². The molecule has 0 aliphatic carbocycles. The number of methoxy groups -OCH3 is 1. The molecule has 0 aliphatic heterocycles. The van der Waals surface area contributed by atoms with Crippen LogP contribution in [0.3, 0.4) is 0 Å². The maximum Gasteiger partial charge on any atom is 0.240 e. The number of hydrogen-bond donors (Lipinski definition) is 1. The van der Waals surface area contributed by atoms with Gasteiger partial charge in [-0.1, -0.05) is 11.6 Å². The summed E-state index contributed by atoms with van der Waals surface area (Å²) in [5.74, 6) is 0.774. The van der Waals surface area contributed by atoms with Gasteiger partial charge < -0.3 is 4.74 Å². The molecule has 130 valence electrons. The summed E-state index contributed by atoms with van der Waals surface area (Å²) >= 11 is 7.24. The van der Waals surface area contributed by atoms with Crippen molar-refractivity contribution in [3.8, 4) is 16.3 Å². The Labute approximate surface area is 155 Å². The first-order chi connectivity index (χ1) is 12.0. The predicted octanol–water partition coefficient (Wildman–Crippen LogP) is 3.95. The third kappa shape index (κ3) is 4.38. The largest absolute Gasteiger partial charge is 0.497 e. The first-order valence-electron chi connectivity index (χ1n) is 7.32. The average molecular weight is 395 g/mol. The van der Waals surface area contributed by atoms with Crippen molar-refractivity contribution in [2.24, 2.45) is 0 Å². The lowest BCUT2D eigenvalue weighted by Gasteiger charge is -2.05. The molecule has 0 atom stereocenters. The second kappa shape index (κ2) is 7.53. The number of thiazole rings is 1. The van der Waals surface area contributed by atoms with E-state index in [0.29, 0.717) is 10.7 Å². The number of halogens is 1. The van der Waals surface area contributed by atoms with Crippen LogP contribution >= 0.6 is 22.9 Å². The first kappa shape index (κ1) is 17.9. The number of nitrogens with one attached hydrogen (secondary N) is 1. The number of nitrogens with zero attached hydrogens (tertiary/aromatic N) is 1. The van der Waals surface area contributed by atoms with Crippen LogP contribution in [0.1, 0.15) is 5.69 Å². The molecule has 3 aromatic rings. The van der Waals surface area contributed by atoms with Gasteiger partial charge in [0, 0.05) is 16.0 Å². The van der Waals surface area contributed by atoms with E-state index in [1.807, 2.05) is 29.6 Å². The van der Waals surface area contributed by atoms with E-state index in [2.05, 4.69) is 9.71 Å². The maximum absolute atomic E-state index is 12.3. The SMILES string of the molecule is COc1ccc(-c2nc(CNS(=O)(=O)c3ccc(Cl)cc3)cs2)cc1. The maximum atomic E-state index is 12.3. The highest BCUT2D eigenvalue weighted by atomic mass is 35.5. The summed E-state index contributed by atoms with van der Waals surface area (Å²) in [4.78, 5) is 4.65. The minimum absolute atomic E-state index is 0.123. The molecule has 0 radical (unpaired) electrons. The van der Waals surface area contributed by atoms with E-state index in [1.165, 1.54) is 23.5 Å². The lowest BCUT2D eigenvalue weighted by molar-refractivity contribution is 0.415. The molecule has 0 spiro atoms. The fourth-order valence-electron chi connectivity index (χ4n) is 2.12. The third-order valence-electron chi connectivity index (χ3n) is 3.46. The van der Waals surface area contributed by atoms with Gasteiger partial charge in [0.1, 0.15) is 10.8 Å². The summed E-state index contributed by atoms with van der Waals surface area (Å²) in [7, 11) is -1.99. The van der Waals surface area contributed by atoms with Gasteiger partial charge in [-0.2, -0.15) is 0 Å². The first-order valence-corrected chi connectivity index (χ1v) is 10.1. The molecule has 0 fully saturated rings. The molecular weight excluding hydrogens is 380 g/mol. The molecule has 0 saturated carbocycles. The minimum Gasteiger partial charge on any atom is -0.497 e. The van der Waals surface area contributed by atoms with Gasteiger partial charge in [-0.05, 0) is 48.5 Å². The number of benzene rings is 2. The number of hydrogen-bond acceptors (Lipinski definition) is 5. The molecule has 0 saturated heterocycles. The molecular formula is C17H15ClN2O3S2. The second-order valence-electron chi connectivity index (χ2n) is 5.15. The highest BCUT2D eigenvalue weighted by Gasteiger charge is 2.14. The molecule has 5 nitrogen and oxygen atoms in total. The normalized spacial score (nSPS) is 11.4. The van der Waals surface area contributed by atoms with Gasteiger partial charge in [0.2, 0.25) is 10.0 Å². The van der Waals surface area contributed by atoms with Crippen molar-refractivity contribution in [2.75, 3.05) is 7.11 Å². The van der Waals surface area contributed by atoms with Crippen molar-refractivity contribution >= 4 is 33.0 Å². The monoisotopic (exact) mass is 394 g/mol. The van der Waals surface area contributed by atoms with Gasteiger partial charge in [0.25, 0.3) is 0 Å². The minimum atomic E-state index is -3.60. The molecule has 1 heterocycles. The number of aromatic nitrogens is 1. The van der Waals surface area contributed by atoms with Crippen LogP contribution < -0.4 is 9.46 Å². The Morgan fingerprint density at radius 3 is 2.44 bits per heavy atom. The Morgan fingerprint density at radius 2 is 1.80 bits per heavy atom. The van der Waals surface area contributed by atoms with Crippen LogP contribution in [-0.4, -0.2) is 20.5 Å². The van der Waals surface area contributed by atoms with Crippen LogP contribution in [0.25, 0.3) is 10.6 Å².